The molecule has 0 radical (unpaired) electrons. The number of nitrogens with zero attached hydrogens (tertiary/aromatic N) is 4. The van der Waals surface area contributed by atoms with Crippen LogP contribution in [0.25, 0.3) is 27.8 Å². The zero-order valence-corrected chi connectivity index (χ0v) is 11.9. The first-order valence-corrected chi connectivity index (χ1v) is 6.94. The van der Waals surface area contributed by atoms with E-state index in [4.69, 9.17) is 0 Å². The number of para-hydroxylation sites is 1. The summed E-state index contributed by atoms with van der Waals surface area (Å²) >= 11 is 0. The molecule has 0 saturated carbocycles. The van der Waals surface area contributed by atoms with E-state index in [0.29, 0.717) is 11.3 Å². The van der Waals surface area contributed by atoms with Crippen molar-refractivity contribution in [3.63, 3.8) is 0 Å². The molecule has 2 aromatic heterocycles. The Morgan fingerprint density at radius 2 is 1.82 bits per heavy atom. The van der Waals surface area contributed by atoms with Gasteiger partial charge in [0.05, 0.1) is 5.52 Å². The zero-order chi connectivity index (χ0) is 15.1. The molecule has 5 heteroatoms. The monoisotopic (exact) mass is 288 g/mol. The first-order chi connectivity index (χ1) is 10.7. The first-order valence-electron chi connectivity index (χ1n) is 6.94. The Kier molecular flexibility index (Phi) is 2.72. The number of fused-ring (bicyclic) bond motifs is 3. The lowest BCUT2D eigenvalue weighted by Gasteiger charge is -2.06. The van der Waals surface area contributed by atoms with Crippen LogP contribution in [0.5, 0.6) is 0 Å². The van der Waals surface area contributed by atoms with Gasteiger partial charge in [-0.05, 0) is 18.6 Å². The second kappa shape index (κ2) is 4.73. The summed E-state index contributed by atoms with van der Waals surface area (Å²) in [5.74, 6) is 0. The van der Waals surface area contributed by atoms with Crippen LogP contribution in [0.2, 0.25) is 0 Å². The Morgan fingerprint density at radius 3 is 2.64 bits per heavy atom. The Bertz CT molecular complexity index is 1050. The molecular formula is C17H12N4O. The third kappa shape index (κ3) is 1.87. The quantitative estimate of drug-likeness (QED) is 0.505. The summed E-state index contributed by atoms with van der Waals surface area (Å²) in [5, 5.41) is 5.23. The Hall–Kier alpha value is -3.08. The molecule has 106 valence electrons. The molecule has 2 heterocycles. The normalized spacial score (nSPS) is 11.1. The Labute approximate surface area is 125 Å². The van der Waals surface area contributed by atoms with Crippen molar-refractivity contribution < 1.29 is 0 Å². The van der Waals surface area contributed by atoms with Crippen LogP contribution in [-0.4, -0.2) is 19.6 Å². The van der Waals surface area contributed by atoms with Crippen LogP contribution in [0.1, 0.15) is 5.56 Å². The van der Waals surface area contributed by atoms with Gasteiger partial charge in [-0.1, -0.05) is 42.5 Å². The predicted octanol–water partition coefficient (Wildman–Crippen LogP) is 2.61. The average Bonchev–Trinajstić information content (AvgIpc) is 2.55. The predicted molar refractivity (Wildman–Crippen MR) is 84.7 cm³/mol. The molecule has 4 rings (SSSR count). The fraction of sp³-hybridized carbons (Fsp3) is 0.0588. The molecule has 0 amide bonds. The molecule has 0 bridgehead atoms. The number of aromatic nitrogens is 4. The van der Waals surface area contributed by atoms with E-state index in [-0.39, 0.29) is 5.56 Å². The van der Waals surface area contributed by atoms with Gasteiger partial charge in [0.1, 0.15) is 6.33 Å². The van der Waals surface area contributed by atoms with Crippen molar-refractivity contribution >= 4 is 16.6 Å². The highest BCUT2D eigenvalue weighted by Crippen LogP contribution is 2.19. The van der Waals surface area contributed by atoms with Gasteiger partial charge in [-0.3, -0.25) is 4.79 Å². The van der Waals surface area contributed by atoms with Crippen molar-refractivity contribution in [3.05, 3.63) is 70.8 Å². The van der Waals surface area contributed by atoms with E-state index in [1.54, 1.807) is 10.8 Å². The van der Waals surface area contributed by atoms with E-state index in [1.165, 1.54) is 0 Å². The van der Waals surface area contributed by atoms with Crippen LogP contribution in [0, 0.1) is 6.92 Å². The second-order valence-corrected chi connectivity index (χ2v) is 5.12. The fourth-order valence-electron chi connectivity index (χ4n) is 2.56. The van der Waals surface area contributed by atoms with Crippen LogP contribution < -0.4 is 5.56 Å². The van der Waals surface area contributed by atoms with E-state index < -0.39 is 0 Å². The van der Waals surface area contributed by atoms with Crippen LogP contribution in [0.3, 0.4) is 0 Å². The van der Waals surface area contributed by atoms with Gasteiger partial charge in [0.15, 0.2) is 11.3 Å². The van der Waals surface area contributed by atoms with Crippen molar-refractivity contribution in [3.8, 4) is 11.3 Å². The minimum Gasteiger partial charge on any atom is -0.265 e. The summed E-state index contributed by atoms with van der Waals surface area (Å²) in [6.45, 7) is 1.98. The number of benzene rings is 2. The van der Waals surface area contributed by atoms with E-state index in [0.717, 1.165) is 22.0 Å². The largest absolute Gasteiger partial charge is 0.300 e. The van der Waals surface area contributed by atoms with Gasteiger partial charge in [0, 0.05) is 10.9 Å². The molecule has 0 aliphatic rings. The summed E-state index contributed by atoms with van der Waals surface area (Å²) < 4.78 is 1.56. The van der Waals surface area contributed by atoms with Gasteiger partial charge in [0.25, 0.3) is 5.56 Å². The lowest BCUT2D eigenvalue weighted by atomic mass is 10.1. The van der Waals surface area contributed by atoms with Crippen molar-refractivity contribution in [1.82, 2.24) is 19.6 Å². The summed E-state index contributed by atoms with van der Waals surface area (Å²) in [5.41, 5.74) is 3.15. The lowest BCUT2D eigenvalue weighted by Crippen LogP contribution is -2.16. The topological polar surface area (TPSA) is 60.2 Å². The van der Waals surface area contributed by atoms with Gasteiger partial charge in [-0.15, -0.1) is 0 Å². The second-order valence-electron chi connectivity index (χ2n) is 5.12. The van der Waals surface area contributed by atoms with Gasteiger partial charge < -0.3 is 0 Å². The number of hydrogen-bond donors (Lipinski definition) is 0. The van der Waals surface area contributed by atoms with E-state index in [1.807, 2.05) is 55.5 Å². The molecule has 0 spiro atoms. The van der Waals surface area contributed by atoms with Crippen LogP contribution in [-0.2, 0) is 0 Å². The number of rotatable bonds is 1. The van der Waals surface area contributed by atoms with Gasteiger partial charge in [-0.2, -0.15) is 10.1 Å². The molecule has 0 unspecified atom stereocenters. The Morgan fingerprint density at radius 1 is 1.00 bits per heavy atom. The van der Waals surface area contributed by atoms with E-state index in [9.17, 15) is 4.79 Å². The molecule has 0 fully saturated rings. The number of aryl methyl sites for hydroxylation is 1. The van der Waals surface area contributed by atoms with Crippen LogP contribution >= 0.6 is 0 Å². The average molecular weight is 288 g/mol. The van der Waals surface area contributed by atoms with Crippen LogP contribution in [0.4, 0.5) is 0 Å². The summed E-state index contributed by atoms with van der Waals surface area (Å²) in [6, 6.07) is 15.1. The van der Waals surface area contributed by atoms with E-state index >= 15 is 0 Å². The smallest absolute Gasteiger partial charge is 0.265 e. The highest BCUT2D eigenvalue weighted by molar-refractivity contribution is 5.92. The summed E-state index contributed by atoms with van der Waals surface area (Å²) in [6.07, 6.45) is 1.60. The molecule has 22 heavy (non-hydrogen) atoms. The van der Waals surface area contributed by atoms with Crippen molar-refractivity contribution in [2.24, 2.45) is 0 Å². The third-order valence-corrected chi connectivity index (χ3v) is 3.66. The third-order valence-electron chi connectivity index (χ3n) is 3.66. The molecule has 0 atom stereocenters. The maximum absolute atomic E-state index is 12.4. The van der Waals surface area contributed by atoms with Gasteiger partial charge in [-0.25, -0.2) is 9.50 Å². The van der Waals surface area contributed by atoms with Crippen molar-refractivity contribution in [1.29, 1.82) is 0 Å². The molecule has 2 aromatic carbocycles. The van der Waals surface area contributed by atoms with Gasteiger partial charge in [0.2, 0.25) is 0 Å². The Balaban J connectivity index is 2.08. The van der Waals surface area contributed by atoms with E-state index in [2.05, 4.69) is 15.1 Å². The highest BCUT2D eigenvalue weighted by Gasteiger charge is 2.11. The molecule has 0 N–H and O–H groups in total. The standard InChI is InChI=1S/C17H12N4O/c1-11-6-5-9-13-14(11)18-10-21-16(13)19-17(22)15(20-21)12-7-3-2-4-8-12/h2-10H,1H3. The SMILES string of the molecule is Cc1cccc2c1ncn1nc(-c3ccccc3)c(=O)nc21. The molecule has 4 aromatic rings. The molecule has 0 aliphatic heterocycles. The lowest BCUT2D eigenvalue weighted by molar-refractivity contribution is 0.870. The molecular weight excluding hydrogens is 276 g/mol. The maximum atomic E-state index is 12.4. The minimum absolute atomic E-state index is 0.326. The summed E-state index contributed by atoms with van der Waals surface area (Å²) in [7, 11) is 0. The molecule has 0 saturated heterocycles. The fourth-order valence-corrected chi connectivity index (χ4v) is 2.56. The number of hydrogen-bond acceptors (Lipinski definition) is 4. The first kappa shape index (κ1) is 12.6. The van der Waals surface area contributed by atoms with Crippen molar-refractivity contribution in [2.75, 3.05) is 0 Å². The summed E-state index contributed by atoms with van der Waals surface area (Å²) in [4.78, 5) is 21.0. The minimum atomic E-state index is -0.333. The van der Waals surface area contributed by atoms with Gasteiger partial charge >= 0.3 is 0 Å². The molecule has 5 nitrogen and oxygen atoms in total. The zero-order valence-electron chi connectivity index (χ0n) is 11.9. The molecule has 0 aliphatic carbocycles. The highest BCUT2D eigenvalue weighted by atomic mass is 16.1. The van der Waals surface area contributed by atoms with Crippen LogP contribution in [0.15, 0.2) is 59.7 Å². The van der Waals surface area contributed by atoms with Crippen molar-refractivity contribution in [2.45, 2.75) is 6.92 Å². The maximum Gasteiger partial charge on any atom is 0.300 e.